The maximum atomic E-state index is 3.68. The van der Waals surface area contributed by atoms with Crippen LogP contribution < -0.4 is 5.32 Å². The molecule has 1 nitrogen and oxygen atoms in total. The molecule has 1 heteroatoms. The Bertz CT molecular complexity index is 341. The third-order valence-electron chi connectivity index (χ3n) is 4.33. The van der Waals surface area contributed by atoms with Gasteiger partial charge >= 0.3 is 0 Å². The molecule has 0 radical (unpaired) electrons. The van der Waals surface area contributed by atoms with Gasteiger partial charge in [-0.2, -0.15) is 0 Å². The van der Waals surface area contributed by atoms with Crippen LogP contribution in [0.25, 0.3) is 0 Å². The Morgan fingerprint density at radius 1 is 1.06 bits per heavy atom. The minimum Gasteiger partial charge on any atom is -0.382 e. The lowest BCUT2D eigenvalue weighted by molar-refractivity contribution is 0.261. The molecule has 2 rings (SSSR count). The van der Waals surface area contributed by atoms with Crippen LogP contribution in [0.4, 0.5) is 5.69 Å². The van der Waals surface area contributed by atoms with Crippen LogP contribution in [0, 0.1) is 11.8 Å². The maximum absolute atomic E-state index is 3.68. The fourth-order valence-corrected chi connectivity index (χ4v) is 2.75. The predicted octanol–water partition coefficient (Wildman–Crippen LogP) is 4.49. The van der Waals surface area contributed by atoms with E-state index < -0.39 is 0 Å². The molecule has 0 amide bonds. The van der Waals surface area contributed by atoms with Crippen molar-refractivity contribution >= 4 is 5.69 Å². The summed E-state index contributed by atoms with van der Waals surface area (Å²) in [5.74, 6) is 1.76. The molecule has 1 aliphatic carbocycles. The Balaban J connectivity index is 1.92. The first kappa shape index (κ1) is 12.5. The zero-order valence-corrected chi connectivity index (χ0v) is 11.4. The highest BCUT2D eigenvalue weighted by Crippen LogP contribution is 2.31. The van der Waals surface area contributed by atoms with Gasteiger partial charge in [-0.3, -0.25) is 0 Å². The first-order valence-electron chi connectivity index (χ1n) is 7.04. The summed E-state index contributed by atoms with van der Waals surface area (Å²) >= 11 is 0. The van der Waals surface area contributed by atoms with E-state index in [0.29, 0.717) is 6.04 Å². The number of hydrogen-bond acceptors (Lipinski definition) is 1. The van der Waals surface area contributed by atoms with E-state index in [1.54, 1.807) is 0 Å². The highest BCUT2D eigenvalue weighted by molar-refractivity contribution is 5.45. The minimum absolute atomic E-state index is 0.675. The SMILES string of the molecule is CCc1ccc(NC2CCC(C)C(C)C2)cc1. The standard InChI is InChI=1S/C16H25N/c1-4-14-6-9-15(10-7-14)17-16-8-5-12(2)13(3)11-16/h6-7,9-10,12-13,16-17H,4-5,8,11H2,1-3H3. The molecule has 3 unspecified atom stereocenters. The molecule has 1 saturated carbocycles. The monoisotopic (exact) mass is 231 g/mol. The number of rotatable bonds is 3. The molecule has 1 fully saturated rings. The first-order chi connectivity index (χ1) is 8.19. The predicted molar refractivity (Wildman–Crippen MR) is 75.4 cm³/mol. The molecule has 0 saturated heterocycles. The summed E-state index contributed by atoms with van der Waals surface area (Å²) in [6.45, 7) is 6.97. The van der Waals surface area contributed by atoms with Gasteiger partial charge in [0.1, 0.15) is 0 Å². The molecule has 1 aromatic carbocycles. The van der Waals surface area contributed by atoms with Crippen molar-refractivity contribution in [3.63, 3.8) is 0 Å². The summed E-state index contributed by atoms with van der Waals surface area (Å²) in [6.07, 6.45) is 5.13. The summed E-state index contributed by atoms with van der Waals surface area (Å²) in [4.78, 5) is 0. The minimum atomic E-state index is 0.675. The van der Waals surface area contributed by atoms with Crippen molar-refractivity contribution in [2.24, 2.45) is 11.8 Å². The third kappa shape index (κ3) is 3.24. The number of aryl methyl sites for hydroxylation is 1. The highest BCUT2D eigenvalue weighted by Gasteiger charge is 2.24. The van der Waals surface area contributed by atoms with Crippen molar-refractivity contribution in [2.75, 3.05) is 5.32 Å². The fraction of sp³-hybridized carbons (Fsp3) is 0.625. The van der Waals surface area contributed by atoms with E-state index in [9.17, 15) is 0 Å². The number of nitrogens with one attached hydrogen (secondary N) is 1. The fourth-order valence-electron chi connectivity index (χ4n) is 2.75. The van der Waals surface area contributed by atoms with Gasteiger partial charge in [-0.25, -0.2) is 0 Å². The average Bonchev–Trinajstić information content (AvgIpc) is 2.35. The molecular weight excluding hydrogens is 206 g/mol. The van der Waals surface area contributed by atoms with Crippen molar-refractivity contribution in [1.29, 1.82) is 0 Å². The molecule has 0 bridgehead atoms. The van der Waals surface area contributed by atoms with Crippen molar-refractivity contribution in [2.45, 2.75) is 52.5 Å². The Labute approximate surface area is 106 Å². The van der Waals surface area contributed by atoms with Gasteiger partial charge in [0.25, 0.3) is 0 Å². The first-order valence-corrected chi connectivity index (χ1v) is 7.04. The molecule has 0 aromatic heterocycles. The Hall–Kier alpha value is -0.980. The second kappa shape index (κ2) is 5.57. The topological polar surface area (TPSA) is 12.0 Å². The number of hydrogen-bond donors (Lipinski definition) is 1. The van der Waals surface area contributed by atoms with Crippen molar-refractivity contribution in [1.82, 2.24) is 0 Å². The van der Waals surface area contributed by atoms with Crippen LogP contribution in [0.3, 0.4) is 0 Å². The van der Waals surface area contributed by atoms with Crippen LogP contribution in [-0.2, 0) is 6.42 Å². The molecule has 0 aliphatic heterocycles. The Morgan fingerprint density at radius 2 is 1.76 bits per heavy atom. The quantitative estimate of drug-likeness (QED) is 0.808. The molecule has 94 valence electrons. The summed E-state index contributed by atoms with van der Waals surface area (Å²) in [5, 5.41) is 3.68. The lowest BCUT2D eigenvalue weighted by Crippen LogP contribution is -2.30. The summed E-state index contributed by atoms with van der Waals surface area (Å²) in [6, 6.07) is 9.59. The lowest BCUT2D eigenvalue weighted by atomic mass is 9.79. The van der Waals surface area contributed by atoms with Gasteiger partial charge in [0.05, 0.1) is 0 Å². The van der Waals surface area contributed by atoms with Gasteiger partial charge in [0, 0.05) is 11.7 Å². The smallest absolute Gasteiger partial charge is 0.0342 e. The molecule has 1 aromatic rings. The van der Waals surface area contributed by atoms with Gasteiger partial charge in [0.15, 0.2) is 0 Å². The van der Waals surface area contributed by atoms with Gasteiger partial charge in [-0.15, -0.1) is 0 Å². The number of anilines is 1. The third-order valence-corrected chi connectivity index (χ3v) is 4.33. The van der Waals surface area contributed by atoms with Crippen molar-refractivity contribution < 1.29 is 0 Å². The summed E-state index contributed by atoms with van der Waals surface area (Å²) < 4.78 is 0. The maximum Gasteiger partial charge on any atom is 0.0342 e. The lowest BCUT2D eigenvalue weighted by Gasteiger charge is -2.33. The molecule has 1 N–H and O–H groups in total. The zero-order valence-electron chi connectivity index (χ0n) is 11.4. The van der Waals surface area contributed by atoms with Crippen molar-refractivity contribution in [3.05, 3.63) is 29.8 Å². The molecule has 3 atom stereocenters. The second-order valence-electron chi connectivity index (χ2n) is 5.66. The van der Waals surface area contributed by atoms with Gasteiger partial charge in [-0.1, -0.05) is 32.9 Å². The molecular formula is C16H25N. The van der Waals surface area contributed by atoms with E-state index in [-0.39, 0.29) is 0 Å². The largest absolute Gasteiger partial charge is 0.382 e. The van der Waals surface area contributed by atoms with E-state index in [1.807, 2.05) is 0 Å². The average molecular weight is 231 g/mol. The van der Waals surface area contributed by atoms with Crippen LogP contribution in [-0.4, -0.2) is 6.04 Å². The van der Waals surface area contributed by atoms with Crippen LogP contribution in [0.2, 0.25) is 0 Å². The van der Waals surface area contributed by atoms with Crippen LogP contribution in [0.5, 0.6) is 0 Å². The van der Waals surface area contributed by atoms with Crippen molar-refractivity contribution in [3.8, 4) is 0 Å². The highest BCUT2D eigenvalue weighted by atomic mass is 14.9. The molecule has 17 heavy (non-hydrogen) atoms. The van der Waals surface area contributed by atoms with E-state index >= 15 is 0 Å². The van der Waals surface area contributed by atoms with Gasteiger partial charge in [-0.05, 0) is 55.2 Å². The van der Waals surface area contributed by atoms with E-state index in [4.69, 9.17) is 0 Å². The molecule has 1 aliphatic rings. The van der Waals surface area contributed by atoms with E-state index in [2.05, 4.69) is 50.4 Å². The second-order valence-corrected chi connectivity index (χ2v) is 5.66. The van der Waals surface area contributed by atoms with Crippen LogP contribution in [0.1, 0.15) is 45.6 Å². The zero-order chi connectivity index (χ0) is 12.3. The van der Waals surface area contributed by atoms with E-state index in [1.165, 1.54) is 30.5 Å². The van der Waals surface area contributed by atoms with Gasteiger partial charge in [0.2, 0.25) is 0 Å². The Morgan fingerprint density at radius 3 is 2.35 bits per heavy atom. The molecule has 0 spiro atoms. The molecule has 0 heterocycles. The van der Waals surface area contributed by atoms with E-state index in [0.717, 1.165) is 18.3 Å². The Kier molecular flexibility index (Phi) is 4.09. The number of benzene rings is 1. The van der Waals surface area contributed by atoms with Crippen LogP contribution >= 0.6 is 0 Å². The van der Waals surface area contributed by atoms with Crippen LogP contribution in [0.15, 0.2) is 24.3 Å². The summed E-state index contributed by atoms with van der Waals surface area (Å²) in [5.41, 5.74) is 2.70. The summed E-state index contributed by atoms with van der Waals surface area (Å²) in [7, 11) is 0. The normalized spacial score (nSPS) is 29.0. The van der Waals surface area contributed by atoms with Gasteiger partial charge < -0.3 is 5.32 Å².